The number of nitrogens with zero attached hydrogens (tertiary/aromatic N) is 3. The zero-order chi connectivity index (χ0) is 23.7. The fourth-order valence-electron chi connectivity index (χ4n) is 4.81. The van der Waals surface area contributed by atoms with Crippen molar-refractivity contribution in [1.82, 2.24) is 9.88 Å². The number of fused-ring (bicyclic) bond motifs is 2. The number of hydrogen-bond donors (Lipinski definition) is 3. The molecule has 0 unspecified atom stereocenters. The SMILES string of the molecule is C#CCNC(=O)c1ccc2c(C=C3N=c4ccccc4=N3)c(O)n(CC3CCC(N)CC3)c2c1. The molecule has 172 valence electrons. The molecular formula is C27H27N5O2. The Balaban J connectivity index is 1.59. The minimum Gasteiger partial charge on any atom is -0.494 e. The lowest BCUT2D eigenvalue weighted by molar-refractivity contribution is 0.0959. The molecule has 3 aromatic rings. The third kappa shape index (κ3) is 4.20. The number of hydrogen-bond acceptors (Lipinski definition) is 5. The summed E-state index contributed by atoms with van der Waals surface area (Å²) in [6.45, 7) is 0.814. The van der Waals surface area contributed by atoms with Gasteiger partial charge in [-0.1, -0.05) is 24.1 Å². The lowest BCUT2D eigenvalue weighted by Crippen LogP contribution is -2.28. The van der Waals surface area contributed by atoms with Crippen molar-refractivity contribution < 1.29 is 9.90 Å². The Morgan fingerprint density at radius 3 is 2.56 bits per heavy atom. The maximum absolute atomic E-state index is 12.5. The molecule has 1 saturated carbocycles. The Kier molecular flexibility index (Phi) is 5.91. The third-order valence-electron chi connectivity index (χ3n) is 6.65. The van der Waals surface area contributed by atoms with Gasteiger partial charge in [-0.15, -0.1) is 6.42 Å². The van der Waals surface area contributed by atoms with E-state index in [9.17, 15) is 9.90 Å². The third-order valence-corrected chi connectivity index (χ3v) is 6.65. The Morgan fingerprint density at radius 1 is 1.18 bits per heavy atom. The van der Waals surface area contributed by atoms with Crippen LogP contribution in [0.25, 0.3) is 17.0 Å². The first-order chi connectivity index (χ1) is 16.5. The van der Waals surface area contributed by atoms with Crippen molar-refractivity contribution in [3.63, 3.8) is 0 Å². The number of nitrogens with two attached hydrogens (primary N) is 1. The Bertz CT molecular complexity index is 1420. The van der Waals surface area contributed by atoms with Gasteiger partial charge in [0, 0.05) is 29.1 Å². The van der Waals surface area contributed by atoms with Crippen LogP contribution in [0.4, 0.5) is 0 Å². The molecule has 1 amide bonds. The first-order valence-electron chi connectivity index (χ1n) is 11.6. The van der Waals surface area contributed by atoms with Crippen LogP contribution in [0.1, 0.15) is 41.6 Å². The van der Waals surface area contributed by atoms with E-state index in [1.54, 1.807) is 6.07 Å². The zero-order valence-corrected chi connectivity index (χ0v) is 18.9. The van der Waals surface area contributed by atoms with Crippen LogP contribution >= 0.6 is 0 Å². The van der Waals surface area contributed by atoms with Crippen molar-refractivity contribution in [2.45, 2.75) is 38.3 Å². The van der Waals surface area contributed by atoms with Crippen molar-refractivity contribution in [1.29, 1.82) is 0 Å². The predicted octanol–water partition coefficient (Wildman–Crippen LogP) is 2.48. The quantitative estimate of drug-likeness (QED) is 0.517. The summed E-state index contributed by atoms with van der Waals surface area (Å²) in [6.07, 6.45) is 11.1. The van der Waals surface area contributed by atoms with Crippen LogP contribution in [-0.2, 0) is 6.54 Å². The van der Waals surface area contributed by atoms with Gasteiger partial charge in [-0.3, -0.25) is 4.79 Å². The Labute approximate surface area is 197 Å². The largest absolute Gasteiger partial charge is 0.494 e. The highest BCUT2D eigenvalue weighted by Crippen LogP contribution is 2.36. The summed E-state index contributed by atoms with van der Waals surface area (Å²) in [7, 11) is 0. The van der Waals surface area contributed by atoms with E-state index in [4.69, 9.17) is 12.2 Å². The Morgan fingerprint density at radius 2 is 1.88 bits per heavy atom. The highest BCUT2D eigenvalue weighted by atomic mass is 16.3. The molecule has 2 aliphatic rings. The molecule has 1 fully saturated rings. The molecule has 2 aromatic carbocycles. The molecule has 1 aliphatic heterocycles. The number of carbonyl (C=O) groups is 1. The van der Waals surface area contributed by atoms with E-state index in [-0.39, 0.29) is 24.4 Å². The van der Waals surface area contributed by atoms with Crippen LogP contribution in [0, 0.1) is 18.3 Å². The molecule has 1 aliphatic carbocycles. The molecule has 0 bridgehead atoms. The topological polar surface area (TPSA) is 105 Å². The summed E-state index contributed by atoms with van der Waals surface area (Å²) in [4.78, 5) is 21.7. The number of amides is 1. The van der Waals surface area contributed by atoms with E-state index in [0.29, 0.717) is 29.4 Å². The molecule has 4 N–H and O–H groups in total. The highest BCUT2D eigenvalue weighted by molar-refractivity contribution is 6.01. The minimum absolute atomic E-state index is 0.153. The smallest absolute Gasteiger partial charge is 0.252 e. The molecule has 5 rings (SSSR count). The minimum atomic E-state index is -0.244. The number of terminal acetylenes is 1. The summed E-state index contributed by atoms with van der Waals surface area (Å²) in [5, 5.41) is 16.5. The lowest BCUT2D eigenvalue weighted by atomic mass is 9.86. The van der Waals surface area contributed by atoms with Gasteiger partial charge in [0.25, 0.3) is 5.91 Å². The second-order valence-electron chi connectivity index (χ2n) is 8.96. The van der Waals surface area contributed by atoms with E-state index in [2.05, 4.69) is 21.2 Å². The summed E-state index contributed by atoms with van der Waals surface area (Å²) < 4.78 is 1.91. The number of benzene rings is 2. The second kappa shape index (κ2) is 9.16. The summed E-state index contributed by atoms with van der Waals surface area (Å²) in [5.41, 5.74) is 8.03. The number of para-hydroxylation sites is 2. The van der Waals surface area contributed by atoms with E-state index in [1.165, 1.54) is 0 Å². The van der Waals surface area contributed by atoms with E-state index in [1.807, 2.05) is 47.0 Å². The standard InChI is InChI=1S/C27H27N5O2/c1-2-13-29-26(33)18-9-12-20-21(15-25-30-22-5-3-4-6-23(22)31-25)27(34)32(24(20)14-18)16-17-7-10-19(28)11-8-17/h1,3-6,9,12,14-15,17,19,34H,7-8,10-11,13,16,28H2,(H,29,33). The molecule has 0 spiro atoms. The summed E-state index contributed by atoms with van der Waals surface area (Å²) >= 11 is 0. The molecule has 7 heteroatoms. The molecular weight excluding hydrogens is 426 g/mol. The lowest BCUT2D eigenvalue weighted by Gasteiger charge is -2.26. The van der Waals surface area contributed by atoms with Gasteiger partial charge in [0.05, 0.1) is 22.8 Å². The molecule has 0 saturated heterocycles. The van der Waals surface area contributed by atoms with Gasteiger partial charge in [0.2, 0.25) is 0 Å². The molecule has 0 atom stereocenters. The molecule has 7 nitrogen and oxygen atoms in total. The number of nitrogens with one attached hydrogen (secondary N) is 1. The van der Waals surface area contributed by atoms with E-state index >= 15 is 0 Å². The maximum Gasteiger partial charge on any atom is 0.252 e. The van der Waals surface area contributed by atoms with Crippen LogP contribution in [0.15, 0.2) is 58.3 Å². The molecule has 34 heavy (non-hydrogen) atoms. The van der Waals surface area contributed by atoms with Gasteiger partial charge in [-0.05, 0) is 61.9 Å². The monoisotopic (exact) mass is 453 g/mol. The first kappa shape index (κ1) is 21.9. The average Bonchev–Trinajstić information content (AvgIpc) is 3.37. The second-order valence-corrected chi connectivity index (χ2v) is 8.96. The van der Waals surface area contributed by atoms with Gasteiger partial charge in [-0.2, -0.15) is 0 Å². The van der Waals surface area contributed by atoms with E-state index in [0.717, 1.165) is 47.3 Å². The molecule has 1 aromatic heterocycles. The first-order valence-corrected chi connectivity index (χ1v) is 11.6. The van der Waals surface area contributed by atoms with Crippen molar-refractivity contribution >= 4 is 22.9 Å². The van der Waals surface area contributed by atoms with Gasteiger partial charge in [0.1, 0.15) is 0 Å². The summed E-state index contributed by atoms with van der Waals surface area (Å²) in [5.74, 6) is 3.27. The van der Waals surface area contributed by atoms with E-state index < -0.39 is 0 Å². The van der Waals surface area contributed by atoms with Crippen LogP contribution in [0.3, 0.4) is 0 Å². The normalized spacial score (nSPS) is 19.1. The number of aromatic nitrogens is 1. The van der Waals surface area contributed by atoms with Gasteiger partial charge < -0.3 is 20.7 Å². The summed E-state index contributed by atoms with van der Waals surface area (Å²) in [6, 6.07) is 13.4. The molecule has 0 radical (unpaired) electrons. The number of aromatic hydroxyl groups is 1. The average molecular weight is 454 g/mol. The zero-order valence-electron chi connectivity index (χ0n) is 18.9. The van der Waals surface area contributed by atoms with Gasteiger partial charge in [-0.25, -0.2) is 9.98 Å². The van der Waals surface area contributed by atoms with Crippen molar-refractivity contribution in [3.05, 3.63) is 70.1 Å². The van der Waals surface area contributed by atoms with Crippen LogP contribution in [0.2, 0.25) is 0 Å². The van der Waals surface area contributed by atoms with Gasteiger partial charge in [0.15, 0.2) is 11.7 Å². The number of rotatable bonds is 5. The van der Waals surface area contributed by atoms with Gasteiger partial charge >= 0.3 is 0 Å². The highest BCUT2D eigenvalue weighted by Gasteiger charge is 2.23. The van der Waals surface area contributed by atoms with Crippen LogP contribution in [-0.4, -0.2) is 28.2 Å². The van der Waals surface area contributed by atoms with Crippen LogP contribution in [0.5, 0.6) is 5.88 Å². The van der Waals surface area contributed by atoms with Crippen molar-refractivity contribution in [3.8, 4) is 18.2 Å². The van der Waals surface area contributed by atoms with Crippen molar-refractivity contribution in [2.75, 3.05) is 6.54 Å². The maximum atomic E-state index is 12.5. The van der Waals surface area contributed by atoms with Crippen molar-refractivity contribution in [2.24, 2.45) is 21.6 Å². The fraction of sp³-hybridized carbons (Fsp3) is 0.296. The molecule has 2 heterocycles. The Hall–Kier alpha value is -3.89. The van der Waals surface area contributed by atoms with Crippen LogP contribution < -0.4 is 21.8 Å². The predicted molar refractivity (Wildman–Crippen MR) is 131 cm³/mol. The number of carbonyl (C=O) groups excluding carboxylic acids is 1. The fourth-order valence-corrected chi connectivity index (χ4v) is 4.81.